The second kappa shape index (κ2) is 8.24. The van der Waals surface area contributed by atoms with E-state index in [9.17, 15) is 9.59 Å². The standard InChI is InChI=1S/C27H26N2O3/c28-16-19-8-9-25-24(14-19)27(18-32-25)10-12-29(13-11-27)26(31)21-6-3-5-20(15-21)23-7-2-1-4-22(23)17-30/h1-9,14-15,17H,10-13,16,18,28H2. The Balaban J connectivity index is 1.35. The topological polar surface area (TPSA) is 72.6 Å². The van der Waals surface area contributed by atoms with Crippen LogP contribution in [0.15, 0.2) is 66.7 Å². The van der Waals surface area contributed by atoms with Gasteiger partial charge in [-0.25, -0.2) is 0 Å². The predicted octanol–water partition coefficient (Wildman–Crippen LogP) is 4.19. The van der Waals surface area contributed by atoms with E-state index in [1.807, 2.05) is 59.5 Å². The average Bonchev–Trinajstić information content (AvgIpc) is 3.21. The normalized spacial score (nSPS) is 16.5. The molecule has 0 aliphatic carbocycles. The maximum atomic E-state index is 13.3. The van der Waals surface area contributed by atoms with Gasteiger partial charge < -0.3 is 15.4 Å². The van der Waals surface area contributed by atoms with Crippen LogP contribution < -0.4 is 10.5 Å². The Morgan fingerprint density at radius 1 is 1.03 bits per heavy atom. The number of nitrogens with two attached hydrogens (primary N) is 1. The summed E-state index contributed by atoms with van der Waals surface area (Å²) in [5.74, 6) is 0.976. The van der Waals surface area contributed by atoms with Crippen molar-refractivity contribution in [1.29, 1.82) is 0 Å². The Bertz CT molecular complexity index is 1180. The summed E-state index contributed by atoms with van der Waals surface area (Å²) in [6, 6.07) is 21.2. The fourth-order valence-corrected chi connectivity index (χ4v) is 4.95. The molecular formula is C27H26N2O3. The van der Waals surface area contributed by atoms with Gasteiger partial charge in [-0.15, -0.1) is 0 Å². The molecular weight excluding hydrogens is 400 g/mol. The van der Waals surface area contributed by atoms with Crippen molar-refractivity contribution in [2.24, 2.45) is 5.73 Å². The molecule has 5 nitrogen and oxygen atoms in total. The molecule has 3 aromatic carbocycles. The number of carbonyl (C=O) groups excluding carboxylic acids is 2. The van der Waals surface area contributed by atoms with Gasteiger partial charge in [-0.3, -0.25) is 9.59 Å². The van der Waals surface area contributed by atoms with E-state index in [-0.39, 0.29) is 11.3 Å². The molecule has 2 heterocycles. The zero-order valence-electron chi connectivity index (χ0n) is 17.9. The summed E-state index contributed by atoms with van der Waals surface area (Å²) in [7, 11) is 0. The van der Waals surface area contributed by atoms with Crippen LogP contribution in [0.4, 0.5) is 0 Å². The highest BCUT2D eigenvalue weighted by Gasteiger charge is 2.43. The molecule has 0 saturated carbocycles. The number of fused-ring (bicyclic) bond motifs is 2. The fraction of sp³-hybridized carbons (Fsp3) is 0.259. The molecule has 2 N–H and O–H groups in total. The first-order valence-electron chi connectivity index (χ1n) is 11.0. The Labute approximate surface area is 187 Å². The molecule has 1 spiro atoms. The SMILES string of the molecule is NCc1ccc2c(c1)C1(CCN(C(=O)c3cccc(-c4ccccc4C=O)c3)CC1)CO2. The molecule has 0 radical (unpaired) electrons. The fourth-order valence-electron chi connectivity index (χ4n) is 4.95. The van der Waals surface area contributed by atoms with Crippen LogP contribution in [0.2, 0.25) is 0 Å². The summed E-state index contributed by atoms with van der Waals surface area (Å²) in [6.07, 6.45) is 2.59. The van der Waals surface area contributed by atoms with E-state index >= 15 is 0 Å². The Morgan fingerprint density at radius 2 is 1.84 bits per heavy atom. The summed E-state index contributed by atoms with van der Waals surface area (Å²) in [5, 5.41) is 0. The molecule has 162 valence electrons. The lowest BCUT2D eigenvalue weighted by Gasteiger charge is -2.38. The van der Waals surface area contributed by atoms with Crippen molar-refractivity contribution in [3.63, 3.8) is 0 Å². The number of carbonyl (C=O) groups is 2. The number of benzene rings is 3. The van der Waals surface area contributed by atoms with E-state index in [0.29, 0.717) is 37.4 Å². The zero-order chi connectivity index (χ0) is 22.1. The molecule has 5 rings (SSSR count). The number of aldehydes is 1. The summed E-state index contributed by atoms with van der Waals surface area (Å²) in [5.41, 5.74) is 11.1. The van der Waals surface area contributed by atoms with Crippen LogP contribution in [-0.2, 0) is 12.0 Å². The van der Waals surface area contributed by atoms with Crippen molar-refractivity contribution in [2.45, 2.75) is 24.8 Å². The van der Waals surface area contributed by atoms with Crippen molar-refractivity contribution in [2.75, 3.05) is 19.7 Å². The summed E-state index contributed by atoms with van der Waals surface area (Å²) < 4.78 is 5.99. The highest BCUT2D eigenvalue weighted by molar-refractivity contribution is 5.96. The number of amides is 1. The first-order chi connectivity index (χ1) is 15.6. The van der Waals surface area contributed by atoms with Crippen LogP contribution in [0.5, 0.6) is 5.75 Å². The van der Waals surface area contributed by atoms with Crippen molar-refractivity contribution in [3.05, 3.63) is 89.0 Å². The van der Waals surface area contributed by atoms with Crippen LogP contribution in [0, 0.1) is 0 Å². The Hall–Kier alpha value is -3.44. The maximum absolute atomic E-state index is 13.3. The van der Waals surface area contributed by atoms with Gasteiger partial charge in [0.05, 0.1) is 6.61 Å². The second-order valence-corrected chi connectivity index (χ2v) is 8.68. The first-order valence-corrected chi connectivity index (χ1v) is 11.0. The molecule has 0 bridgehead atoms. The summed E-state index contributed by atoms with van der Waals surface area (Å²) in [4.78, 5) is 26.7. The lowest BCUT2D eigenvalue weighted by atomic mass is 9.74. The Kier molecular flexibility index (Phi) is 5.27. The largest absolute Gasteiger partial charge is 0.492 e. The number of hydrogen-bond donors (Lipinski definition) is 1. The van der Waals surface area contributed by atoms with Crippen LogP contribution in [-0.4, -0.2) is 36.8 Å². The van der Waals surface area contributed by atoms with E-state index in [0.717, 1.165) is 41.6 Å². The third kappa shape index (κ3) is 3.49. The van der Waals surface area contributed by atoms with Gasteiger partial charge in [-0.05, 0) is 47.7 Å². The molecule has 0 unspecified atom stereocenters. The quantitative estimate of drug-likeness (QED) is 0.635. The Morgan fingerprint density at radius 3 is 2.62 bits per heavy atom. The molecule has 2 aliphatic heterocycles. The maximum Gasteiger partial charge on any atom is 0.253 e. The van der Waals surface area contributed by atoms with E-state index in [4.69, 9.17) is 10.5 Å². The number of piperidine rings is 1. The zero-order valence-corrected chi connectivity index (χ0v) is 17.9. The van der Waals surface area contributed by atoms with Gasteiger partial charge in [0.2, 0.25) is 0 Å². The van der Waals surface area contributed by atoms with Crippen LogP contribution in [0.1, 0.15) is 44.7 Å². The predicted molar refractivity (Wildman–Crippen MR) is 124 cm³/mol. The van der Waals surface area contributed by atoms with Crippen molar-refractivity contribution in [3.8, 4) is 16.9 Å². The van der Waals surface area contributed by atoms with Gasteiger partial charge >= 0.3 is 0 Å². The van der Waals surface area contributed by atoms with E-state index in [2.05, 4.69) is 6.07 Å². The third-order valence-corrected chi connectivity index (χ3v) is 6.87. The van der Waals surface area contributed by atoms with Gasteiger partial charge in [-0.2, -0.15) is 0 Å². The van der Waals surface area contributed by atoms with Crippen LogP contribution in [0.3, 0.4) is 0 Å². The lowest BCUT2D eigenvalue weighted by Crippen LogP contribution is -2.46. The summed E-state index contributed by atoms with van der Waals surface area (Å²) in [6.45, 7) is 2.54. The number of ether oxygens (including phenoxy) is 1. The summed E-state index contributed by atoms with van der Waals surface area (Å²) >= 11 is 0. The van der Waals surface area contributed by atoms with Crippen molar-refractivity contribution in [1.82, 2.24) is 4.90 Å². The van der Waals surface area contributed by atoms with Gasteiger partial charge in [0.1, 0.15) is 5.75 Å². The highest BCUT2D eigenvalue weighted by Crippen LogP contribution is 2.46. The van der Waals surface area contributed by atoms with E-state index < -0.39 is 0 Å². The minimum Gasteiger partial charge on any atom is -0.492 e. The van der Waals surface area contributed by atoms with Gasteiger partial charge in [0, 0.05) is 41.7 Å². The third-order valence-electron chi connectivity index (χ3n) is 6.87. The van der Waals surface area contributed by atoms with E-state index in [1.165, 1.54) is 5.56 Å². The molecule has 32 heavy (non-hydrogen) atoms. The molecule has 2 aliphatic rings. The molecule has 1 saturated heterocycles. The molecule has 1 fully saturated rings. The first kappa shape index (κ1) is 20.5. The molecule has 5 heteroatoms. The second-order valence-electron chi connectivity index (χ2n) is 8.68. The van der Waals surface area contributed by atoms with Gasteiger partial charge in [-0.1, -0.05) is 48.5 Å². The van der Waals surface area contributed by atoms with Gasteiger partial charge in [0.25, 0.3) is 5.91 Å². The number of likely N-dealkylation sites (tertiary alicyclic amines) is 1. The van der Waals surface area contributed by atoms with Crippen LogP contribution in [0.25, 0.3) is 11.1 Å². The number of hydrogen-bond acceptors (Lipinski definition) is 4. The molecule has 1 amide bonds. The molecule has 3 aromatic rings. The average molecular weight is 427 g/mol. The van der Waals surface area contributed by atoms with Crippen molar-refractivity contribution >= 4 is 12.2 Å². The van der Waals surface area contributed by atoms with E-state index in [1.54, 1.807) is 6.07 Å². The highest BCUT2D eigenvalue weighted by atomic mass is 16.5. The molecule has 0 aromatic heterocycles. The lowest BCUT2D eigenvalue weighted by molar-refractivity contribution is 0.0646. The smallest absolute Gasteiger partial charge is 0.253 e. The number of nitrogens with zero attached hydrogens (tertiary/aromatic N) is 1. The number of rotatable bonds is 4. The van der Waals surface area contributed by atoms with Crippen molar-refractivity contribution < 1.29 is 14.3 Å². The minimum atomic E-state index is -0.0396. The molecule has 0 atom stereocenters. The minimum absolute atomic E-state index is 0.0279. The monoisotopic (exact) mass is 426 g/mol. The van der Waals surface area contributed by atoms with Crippen LogP contribution >= 0.6 is 0 Å². The van der Waals surface area contributed by atoms with Gasteiger partial charge in [0.15, 0.2) is 6.29 Å².